The monoisotopic (exact) mass is 483 g/mol. The molecule has 0 saturated heterocycles. The molecule has 8 heteroatoms. The van der Waals surface area contributed by atoms with Crippen LogP contribution in [0.2, 0.25) is 0 Å². The molecule has 3 N–H and O–H groups in total. The second-order valence-corrected chi connectivity index (χ2v) is 9.07. The highest BCUT2D eigenvalue weighted by molar-refractivity contribution is 5.90. The van der Waals surface area contributed by atoms with E-state index in [0.717, 1.165) is 35.9 Å². The van der Waals surface area contributed by atoms with Gasteiger partial charge in [0.2, 0.25) is 5.91 Å². The number of aromatic amines is 1. The molecule has 1 atom stereocenters. The molecule has 0 fully saturated rings. The minimum atomic E-state index is -0.569. The lowest BCUT2D eigenvalue weighted by atomic mass is 10.0. The molecule has 36 heavy (non-hydrogen) atoms. The Kier molecular flexibility index (Phi) is 6.95. The average Bonchev–Trinajstić information content (AvgIpc) is 3.66. The number of carbonyl (C=O) groups is 2. The summed E-state index contributed by atoms with van der Waals surface area (Å²) >= 11 is 0. The fraction of sp³-hybridized carbons (Fsp3) is 0.250. The SMILES string of the molecule is O=C(C=Cc1ccc2c(c1)CCC2N(CCc1c[nH]c2ccccc12)C(=O)CCn1ccnc1)NO. The van der Waals surface area contributed by atoms with Crippen molar-refractivity contribution < 1.29 is 14.8 Å². The molecular weight excluding hydrogens is 454 g/mol. The van der Waals surface area contributed by atoms with Crippen LogP contribution in [0.4, 0.5) is 0 Å². The number of carbonyl (C=O) groups excluding carboxylic acids is 2. The molecule has 0 spiro atoms. The molecule has 0 radical (unpaired) electrons. The van der Waals surface area contributed by atoms with Crippen LogP contribution in [0.15, 0.2) is 73.5 Å². The maximum absolute atomic E-state index is 13.5. The first-order valence-corrected chi connectivity index (χ1v) is 12.2. The van der Waals surface area contributed by atoms with Gasteiger partial charge in [-0.3, -0.25) is 14.8 Å². The highest BCUT2D eigenvalue weighted by atomic mass is 16.5. The Hall–Kier alpha value is -4.17. The Morgan fingerprint density at radius 3 is 2.97 bits per heavy atom. The summed E-state index contributed by atoms with van der Waals surface area (Å²) in [7, 11) is 0. The van der Waals surface area contributed by atoms with Crippen LogP contribution >= 0.6 is 0 Å². The molecule has 1 unspecified atom stereocenters. The molecular formula is C28H29N5O3. The van der Waals surface area contributed by atoms with E-state index in [0.29, 0.717) is 19.5 Å². The highest BCUT2D eigenvalue weighted by Gasteiger charge is 2.31. The van der Waals surface area contributed by atoms with Crippen LogP contribution in [-0.2, 0) is 29.0 Å². The second-order valence-electron chi connectivity index (χ2n) is 9.07. The van der Waals surface area contributed by atoms with Crippen LogP contribution in [0.25, 0.3) is 17.0 Å². The number of hydroxylamine groups is 1. The van der Waals surface area contributed by atoms with Gasteiger partial charge in [-0.05, 0) is 53.7 Å². The molecule has 0 saturated carbocycles. The Morgan fingerprint density at radius 1 is 1.25 bits per heavy atom. The number of hydrogen-bond acceptors (Lipinski definition) is 4. The van der Waals surface area contributed by atoms with Gasteiger partial charge in [-0.2, -0.15) is 0 Å². The summed E-state index contributed by atoms with van der Waals surface area (Å²) in [6.45, 7) is 1.23. The van der Waals surface area contributed by atoms with E-state index in [1.807, 2.05) is 40.1 Å². The number of H-pyrrole nitrogens is 1. The van der Waals surface area contributed by atoms with Crippen LogP contribution < -0.4 is 5.48 Å². The third-order valence-electron chi connectivity index (χ3n) is 6.89. The molecule has 2 aromatic heterocycles. The van der Waals surface area contributed by atoms with Crippen molar-refractivity contribution in [2.24, 2.45) is 0 Å². The molecule has 8 nitrogen and oxygen atoms in total. The number of nitrogens with zero attached hydrogens (tertiary/aromatic N) is 3. The lowest BCUT2D eigenvalue weighted by molar-refractivity contribution is -0.134. The predicted molar refractivity (Wildman–Crippen MR) is 137 cm³/mol. The molecule has 1 aliphatic rings. The molecule has 2 aromatic carbocycles. The molecule has 1 aliphatic carbocycles. The molecule has 0 bridgehead atoms. The zero-order valence-corrected chi connectivity index (χ0v) is 19.9. The number of aromatic nitrogens is 3. The van der Waals surface area contributed by atoms with Crippen molar-refractivity contribution in [3.05, 3.63) is 95.7 Å². The largest absolute Gasteiger partial charge is 0.361 e. The Morgan fingerprint density at radius 2 is 2.14 bits per heavy atom. The lowest BCUT2D eigenvalue weighted by Crippen LogP contribution is -2.36. The van der Waals surface area contributed by atoms with E-state index in [2.05, 4.69) is 34.2 Å². The minimum Gasteiger partial charge on any atom is -0.361 e. The van der Waals surface area contributed by atoms with Crippen LogP contribution in [0.1, 0.15) is 41.1 Å². The van der Waals surface area contributed by atoms with E-state index in [-0.39, 0.29) is 11.9 Å². The van der Waals surface area contributed by atoms with E-state index in [4.69, 9.17) is 5.21 Å². The van der Waals surface area contributed by atoms with Gasteiger partial charge in [-0.15, -0.1) is 0 Å². The summed E-state index contributed by atoms with van der Waals surface area (Å²) in [5.41, 5.74) is 7.15. The number of hydrogen-bond donors (Lipinski definition) is 3. The fourth-order valence-corrected chi connectivity index (χ4v) is 5.07. The fourth-order valence-electron chi connectivity index (χ4n) is 5.07. The average molecular weight is 484 g/mol. The zero-order chi connectivity index (χ0) is 24.9. The van der Waals surface area contributed by atoms with Crippen molar-refractivity contribution >= 4 is 28.8 Å². The van der Waals surface area contributed by atoms with Crippen molar-refractivity contribution in [1.82, 2.24) is 24.9 Å². The summed E-state index contributed by atoms with van der Waals surface area (Å²) in [5.74, 6) is -0.440. The van der Waals surface area contributed by atoms with Gasteiger partial charge in [0, 0.05) is 55.1 Å². The minimum absolute atomic E-state index is 0.0132. The van der Waals surface area contributed by atoms with Crippen molar-refractivity contribution in [2.45, 2.75) is 38.3 Å². The number of benzene rings is 2. The van der Waals surface area contributed by atoms with Crippen molar-refractivity contribution in [3.63, 3.8) is 0 Å². The van der Waals surface area contributed by atoms with E-state index < -0.39 is 5.91 Å². The van der Waals surface area contributed by atoms with Gasteiger partial charge in [-0.25, -0.2) is 10.5 Å². The maximum atomic E-state index is 13.5. The molecule has 4 aromatic rings. The quantitative estimate of drug-likeness (QED) is 0.190. The van der Waals surface area contributed by atoms with E-state index in [1.165, 1.54) is 22.6 Å². The first-order chi connectivity index (χ1) is 17.6. The number of amides is 2. The van der Waals surface area contributed by atoms with Crippen molar-refractivity contribution in [1.29, 1.82) is 0 Å². The molecule has 0 aliphatic heterocycles. The van der Waals surface area contributed by atoms with Crippen LogP contribution in [0.3, 0.4) is 0 Å². The smallest absolute Gasteiger partial charge is 0.267 e. The van der Waals surface area contributed by atoms with Gasteiger partial charge < -0.3 is 14.5 Å². The Balaban J connectivity index is 1.37. The van der Waals surface area contributed by atoms with Gasteiger partial charge in [-0.1, -0.05) is 36.4 Å². The summed E-state index contributed by atoms with van der Waals surface area (Å²) < 4.78 is 1.93. The van der Waals surface area contributed by atoms with Gasteiger partial charge in [0.25, 0.3) is 5.91 Å². The zero-order valence-electron chi connectivity index (χ0n) is 19.9. The molecule has 184 valence electrons. The van der Waals surface area contributed by atoms with Gasteiger partial charge in [0.1, 0.15) is 0 Å². The summed E-state index contributed by atoms with van der Waals surface area (Å²) in [6.07, 6.45) is 13.3. The number of rotatable bonds is 9. The Bertz CT molecular complexity index is 1390. The Labute approximate surface area is 209 Å². The molecule has 5 rings (SSSR count). The summed E-state index contributed by atoms with van der Waals surface area (Å²) in [6, 6.07) is 14.3. The normalized spacial score (nSPS) is 14.9. The molecule has 2 heterocycles. The van der Waals surface area contributed by atoms with Crippen LogP contribution in [-0.4, -0.2) is 43.0 Å². The van der Waals surface area contributed by atoms with E-state index >= 15 is 0 Å². The van der Waals surface area contributed by atoms with Gasteiger partial charge >= 0.3 is 0 Å². The maximum Gasteiger partial charge on any atom is 0.267 e. The number of nitrogens with one attached hydrogen (secondary N) is 2. The van der Waals surface area contributed by atoms with Gasteiger partial charge in [0.15, 0.2) is 0 Å². The van der Waals surface area contributed by atoms with E-state index in [9.17, 15) is 9.59 Å². The summed E-state index contributed by atoms with van der Waals surface area (Å²) in [5, 5.41) is 9.89. The topological polar surface area (TPSA) is 103 Å². The van der Waals surface area contributed by atoms with E-state index in [1.54, 1.807) is 24.1 Å². The predicted octanol–water partition coefficient (Wildman–Crippen LogP) is 4.03. The first-order valence-electron chi connectivity index (χ1n) is 12.2. The number of para-hydroxylation sites is 1. The first kappa shape index (κ1) is 23.6. The van der Waals surface area contributed by atoms with Crippen LogP contribution in [0, 0.1) is 0 Å². The van der Waals surface area contributed by atoms with Crippen molar-refractivity contribution in [3.8, 4) is 0 Å². The highest BCUT2D eigenvalue weighted by Crippen LogP contribution is 2.37. The number of fused-ring (bicyclic) bond motifs is 2. The standard InChI is InChI=1S/C28H29N5O3/c34-27(31-36)10-6-20-5-8-24-21(17-20)7-9-26(24)33(28(35)12-14-32-16-13-29-19-32)15-11-22-18-30-25-4-2-1-3-23(22)25/h1-6,8,10,13,16-19,26,30,36H,7,9,11-12,14-15H2,(H,31,34). The second kappa shape index (κ2) is 10.6. The third-order valence-corrected chi connectivity index (χ3v) is 6.89. The van der Waals surface area contributed by atoms with Crippen molar-refractivity contribution in [2.75, 3.05) is 6.54 Å². The number of aryl methyl sites for hydroxylation is 2. The lowest BCUT2D eigenvalue weighted by Gasteiger charge is -2.30. The summed E-state index contributed by atoms with van der Waals surface area (Å²) in [4.78, 5) is 34.3. The van der Waals surface area contributed by atoms with Gasteiger partial charge in [0.05, 0.1) is 12.4 Å². The third kappa shape index (κ3) is 5.08. The van der Waals surface area contributed by atoms with Crippen LogP contribution in [0.5, 0.6) is 0 Å². The molecule has 2 amide bonds. The number of imidazole rings is 1.